The summed E-state index contributed by atoms with van der Waals surface area (Å²) in [6.07, 6.45) is -0.837. The van der Waals surface area contributed by atoms with Crippen LogP contribution in [0.4, 0.5) is 4.79 Å². The summed E-state index contributed by atoms with van der Waals surface area (Å²) >= 11 is 0. The van der Waals surface area contributed by atoms with Crippen molar-refractivity contribution in [1.29, 1.82) is 0 Å². The largest absolute Gasteiger partial charge is 0.465 e. The molecule has 1 saturated heterocycles. The van der Waals surface area contributed by atoms with E-state index in [4.69, 9.17) is 5.11 Å². The fraction of sp³-hybridized carbons (Fsp3) is 0.889. The van der Waals surface area contributed by atoms with Gasteiger partial charge in [-0.25, -0.2) is 4.79 Å². The molecule has 0 aliphatic carbocycles. The third-order valence-electron chi connectivity index (χ3n) is 2.41. The van der Waals surface area contributed by atoms with Crippen LogP contribution in [0.1, 0.15) is 27.7 Å². The van der Waals surface area contributed by atoms with Gasteiger partial charge < -0.3 is 10.4 Å². The summed E-state index contributed by atoms with van der Waals surface area (Å²) in [7, 11) is 0. The third kappa shape index (κ3) is 1.77. The lowest BCUT2D eigenvalue weighted by atomic mass is 9.88. The van der Waals surface area contributed by atoms with Gasteiger partial charge in [0.2, 0.25) is 0 Å². The van der Waals surface area contributed by atoms with Crippen molar-refractivity contribution in [3.05, 3.63) is 0 Å². The number of nitrogens with one attached hydrogen (secondary N) is 1. The van der Waals surface area contributed by atoms with Crippen molar-refractivity contribution < 1.29 is 9.90 Å². The summed E-state index contributed by atoms with van der Waals surface area (Å²) in [5.41, 5.74) is -0.563. The van der Waals surface area contributed by atoms with Crippen LogP contribution in [0.3, 0.4) is 0 Å². The van der Waals surface area contributed by atoms with Crippen LogP contribution >= 0.6 is 0 Å². The molecular weight excluding hydrogens is 168 g/mol. The lowest BCUT2D eigenvalue weighted by molar-refractivity contribution is -0.00276. The van der Waals surface area contributed by atoms with Gasteiger partial charge in [-0.2, -0.15) is 0 Å². The molecule has 0 aromatic rings. The second kappa shape index (κ2) is 2.87. The summed E-state index contributed by atoms with van der Waals surface area (Å²) in [5, 5.41) is 12.2. The molecule has 1 fully saturated rings. The van der Waals surface area contributed by atoms with Gasteiger partial charge in [0, 0.05) is 18.6 Å². The first-order valence-corrected chi connectivity index (χ1v) is 4.51. The van der Waals surface area contributed by atoms with E-state index < -0.39 is 6.09 Å². The Morgan fingerprint density at radius 1 is 1.46 bits per heavy atom. The maximum absolute atomic E-state index is 11.1. The first kappa shape index (κ1) is 10.3. The van der Waals surface area contributed by atoms with Crippen molar-refractivity contribution in [2.24, 2.45) is 0 Å². The average Bonchev–Trinajstić information content (AvgIpc) is 1.79. The van der Waals surface area contributed by atoms with Gasteiger partial charge in [0.25, 0.3) is 0 Å². The SMILES string of the molecule is CC(C)(C)N(C(=O)O)C1(C)CNC1. The highest BCUT2D eigenvalue weighted by atomic mass is 16.4. The van der Waals surface area contributed by atoms with Crippen LogP contribution in [-0.4, -0.2) is 40.3 Å². The van der Waals surface area contributed by atoms with E-state index in [0.29, 0.717) is 0 Å². The number of rotatable bonds is 1. The Morgan fingerprint density at radius 3 is 2.00 bits per heavy atom. The zero-order valence-corrected chi connectivity index (χ0v) is 8.72. The van der Waals surface area contributed by atoms with E-state index in [1.807, 2.05) is 27.7 Å². The summed E-state index contributed by atoms with van der Waals surface area (Å²) in [5.74, 6) is 0. The third-order valence-corrected chi connectivity index (χ3v) is 2.41. The molecule has 1 rings (SSSR count). The average molecular weight is 186 g/mol. The van der Waals surface area contributed by atoms with Gasteiger partial charge in [0.15, 0.2) is 0 Å². The predicted octanol–water partition coefficient (Wildman–Crippen LogP) is 1.13. The molecule has 4 nitrogen and oxygen atoms in total. The fourth-order valence-electron chi connectivity index (χ4n) is 1.97. The molecule has 0 radical (unpaired) electrons. The minimum absolute atomic E-state index is 0.232. The molecule has 1 amide bonds. The quantitative estimate of drug-likeness (QED) is 0.645. The lowest BCUT2D eigenvalue weighted by Crippen LogP contribution is -2.72. The van der Waals surface area contributed by atoms with Crippen LogP contribution in [-0.2, 0) is 0 Å². The molecule has 13 heavy (non-hydrogen) atoms. The molecule has 1 aliphatic rings. The van der Waals surface area contributed by atoms with Gasteiger partial charge >= 0.3 is 6.09 Å². The number of nitrogens with zero attached hydrogens (tertiary/aromatic N) is 1. The zero-order chi connectivity index (χ0) is 10.3. The van der Waals surface area contributed by atoms with Crippen molar-refractivity contribution in [1.82, 2.24) is 10.2 Å². The van der Waals surface area contributed by atoms with Crippen LogP contribution < -0.4 is 5.32 Å². The maximum atomic E-state index is 11.1. The Morgan fingerprint density at radius 2 is 1.92 bits per heavy atom. The number of hydrogen-bond donors (Lipinski definition) is 2. The summed E-state index contributed by atoms with van der Waals surface area (Å²) in [6, 6.07) is 0. The molecule has 0 atom stereocenters. The van der Waals surface area contributed by atoms with Gasteiger partial charge in [0.05, 0.1) is 5.54 Å². The number of hydrogen-bond acceptors (Lipinski definition) is 2. The number of carboxylic acid groups (broad SMARTS) is 1. The molecule has 0 aromatic carbocycles. The van der Waals surface area contributed by atoms with Crippen LogP contribution in [0, 0.1) is 0 Å². The molecule has 2 N–H and O–H groups in total. The monoisotopic (exact) mass is 186 g/mol. The van der Waals surface area contributed by atoms with Gasteiger partial charge in [-0.1, -0.05) is 0 Å². The van der Waals surface area contributed by atoms with E-state index in [1.54, 1.807) is 0 Å². The number of carbonyl (C=O) groups is 1. The molecular formula is C9H18N2O2. The highest BCUT2D eigenvalue weighted by molar-refractivity contribution is 5.67. The Bertz CT molecular complexity index is 216. The minimum atomic E-state index is -0.837. The van der Waals surface area contributed by atoms with Crippen molar-refractivity contribution in [2.45, 2.75) is 38.8 Å². The Kier molecular flexibility index (Phi) is 2.28. The van der Waals surface area contributed by atoms with E-state index in [9.17, 15) is 4.79 Å². The van der Waals surface area contributed by atoms with Gasteiger partial charge in [-0.3, -0.25) is 4.90 Å². The van der Waals surface area contributed by atoms with Crippen molar-refractivity contribution in [3.8, 4) is 0 Å². The molecule has 4 heteroatoms. The zero-order valence-electron chi connectivity index (χ0n) is 8.72. The maximum Gasteiger partial charge on any atom is 0.408 e. The Hall–Kier alpha value is -0.770. The summed E-state index contributed by atoms with van der Waals surface area (Å²) in [4.78, 5) is 12.6. The first-order chi connectivity index (χ1) is 5.77. The normalized spacial score (nSPS) is 20.6. The molecule has 0 spiro atoms. The highest BCUT2D eigenvalue weighted by Crippen LogP contribution is 2.28. The minimum Gasteiger partial charge on any atom is -0.465 e. The van der Waals surface area contributed by atoms with Crippen LogP contribution in [0.5, 0.6) is 0 Å². The van der Waals surface area contributed by atoms with E-state index in [-0.39, 0.29) is 11.1 Å². The molecule has 0 saturated carbocycles. The van der Waals surface area contributed by atoms with Gasteiger partial charge in [-0.05, 0) is 27.7 Å². The smallest absolute Gasteiger partial charge is 0.408 e. The van der Waals surface area contributed by atoms with E-state index in [2.05, 4.69) is 5.32 Å². The summed E-state index contributed by atoms with van der Waals surface area (Å²) < 4.78 is 0. The molecule has 0 aromatic heterocycles. The Labute approximate surface area is 78.9 Å². The molecule has 0 bridgehead atoms. The summed E-state index contributed by atoms with van der Waals surface area (Å²) in [6.45, 7) is 9.23. The van der Waals surface area contributed by atoms with Crippen molar-refractivity contribution in [3.63, 3.8) is 0 Å². The van der Waals surface area contributed by atoms with Crippen molar-refractivity contribution in [2.75, 3.05) is 13.1 Å². The second-order valence-electron chi connectivity index (χ2n) is 4.89. The topological polar surface area (TPSA) is 52.6 Å². The van der Waals surface area contributed by atoms with Crippen LogP contribution in [0.15, 0.2) is 0 Å². The van der Waals surface area contributed by atoms with Crippen LogP contribution in [0.2, 0.25) is 0 Å². The predicted molar refractivity (Wildman–Crippen MR) is 50.9 cm³/mol. The van der Waals surface area contributed by atoms with Crippen molar-refractivity contribution >= 4 is 6.09 Å². The standard InChI is InChI=1S/C9H18N2O2/c1-8(2,3)11(7(12)13)9(4)5-10-6-9/h10H,5-6H2,1-4H3,(H,12,13). The highest BCUT2D eigenvalue weighted by Gasteiger charge is 2.45. The fourth-order valence-corrected chi connectivity index (χ4v) is 1.97. The Balaban J connectivity index is 2.86. The molecule has 1 heterocycles. The van der Waals surface area contributed by atoms with Gasteiger partial charge in [-0.15, -0.1) is 0 Å². The van der Waals surface area contributed by atoms with Crippen LogP contribution in [0.25, 0.3) is 0 Å². The first-order valence-electron chi connectivity index (χ1n) is 4.51. The van der Waals surface area contributed by atoms with E-state index in [1.165, 1.54) is 4.90 Å². The second-order valence-corrected chi connectivity index (χ2v) is 4.89. The molecule has 1 aliphatic heterocycles. The number of amides is 1. The van der Waals surface area contributed by atoms with E-state index >= 15 is 0 Å². The van der Waals surface area contributed by atoms with E-state index in [0.717, 1.165) is 13.1 Å². The molecule has 0 unspecified atom stereocenters. The van der Waals surface area contributed by atoms with Gasteiger partial charge in [0.1, 0.15) is 0 Å². The lowest BCUT2D eigenvalue weighted by Gasteiger charge is -2.52. The molecule has 76 valence electrons.